The van der Waals surface area contributed by atoms with Crippen LogP contribution in [0, 0.1) is 0 Å². The van der Waals surface area contributed by atoms with Gasteiger partial charge in [-0.3, -0.25) is 4.79 Å². The second-order valence-electron chi connectivity index (χ2n) is 6.31. The predicted octanol–water partition coefficient (Wildman–Crippen LogP) is 3.57. The molecule has 2 aromatic carbocycles. The van der Waals surface area contributed by atoms with Gasteiger partial charge in [0.25, 0.3) is 5.91 Å². The van der Waals surface area contributed by atoms with E-state index in [0.29, 0.717) is 23.8 Å². The average Bonchev–Trinajstić information content (AvgIpc) is 2.67. The van der Waals surface area contributed by atoms with E-state index in [0.717, 1.165) is 11.3 Å². The van der Waals surface area contributed by atoms with E-state index in [9.17, 15) is 4.79 Å². The molecule has 6 heteroatoms. The van der Waals surface area contributed by atoms with Gasteiger partial charge in [-0.15, -0.1) is 0 Å². The molecule has 0 fully saturated rings. The van der Waals surface area contributed by atoms with Gasteiger partial charge in [0.1, 0.15) is 11.5 Å². The number of amides is 1. The highest BCUT2D eigenvalue weighted by Crippen LogP contribution is 2.29. The second kappa shape index (κ2) is 9.71. The number of hydrogen-bond acceptors (Lipinski definition) is 5. The highest BCUT2D eigenvalue weighted by Gasteiger charge is 2.15. The van der Waals surface area contributed by atoms with E-state index in [-0.39, 0.29) is 12.0 Å². The Labute approximate surface area is 160 Å². The van der Waals surface area contributed by atoms with Crippen molar-refractivity contribution in [1.82, 2.24) is 5.32 Å². The number of nitrogens with one attached hydrogen (secondary N) is 1. The monoisotopic (exact) mass is 373 g/mol. The summed E-state index contributed by atoms with van der Waals surface area (Å²) in [5, 5.41) is 2.87. The number of rotatable bonds is 9. The Hall–Kier alpha value is -2.89. The highest BCUT2D eigenvalue weighted by molar-refractivity contribution is 5.80. The lowest BCUT2D eigenvalue weighted by Gasteiger charge is -2.16. The normalized spacial score (nSPS) is 11.6. The molecule has 146 valence electrons. The van der Waals surface area contributed by atoms with Crippen molar-refractivity contribution in [2.75, 3.05) is 14.2 Å². The van der Waals surface area contributed by atoms with E-state index in [1.807, 2.05) is 32.0 Å². The molecule has 0 heterocycles. The maximum absolute atomic E-state index is 12.3. The van der Waals surface area contributed by atoms with Crippen molar-refractivity contribution in [2.45, 2.75) is 39.5 Å². The van der Waals surface area contributed by atoms with E-state index in [2.05, 4.69) is 5.32 Å². The zero-order valence-corrected chi connectivity index (χ0v) is 16.4. The third kappa shape index (κ3) is 6.09. The lowest BCUT2D eigenvalue weighted by atomic mass is 10.2. The first kappa shape index (κ1) is 20.4. The topological polar surface area (TPSA) is 66.0 Å². The summed E-state index contributed by atoms with van der Waals surface area (Å²) in [6.07, 6.45) is -0.566. The molecule has 27 heavy (non-hydrogen) atoms. The lowest BCUT2D eigenvalue weighted by molar-refractivity contribution is -0.127. The van der Waals surface area contributed by atoms with Crippen LogP contribution in [0.2, 0.25) is 0 Å². The molecule has 0 saturated heterocycles. The Morgan fingerprint density at radius 1 is 0.889 bits per heavy atom. The molecule has 0 aliphatic rings. The first-order valence-corrected chi connectivity index (χ1v) is 8.85. The minimum atomic E-state index is -0.621. The molecule has 6 nitrogen and oxygen atoms in total. The summed E-state index contributed by atoms with van der Waals surface area (Å²) in [4.78, 5) is 12.3. The predicted molar refractivity (Wildman–Crippen MR) is 104 cm³/mol. The van der Waals surface area contributed by atoms with Crippen molar-refractivity contribution in [2.24, 2.45) is 0 Å². The van der Waals surface area contributed by atoms with E-state index in [1.165, 1.54) is 0 Å². The van der Waals surface area contributed by atoms with Gasteiger partial charge in [-0.2, -0.15) is 0 Å². The number of ether oxygens (including phenoxy) is 4. The molecule has 0 aliphatic carbocycles. The summed E-state index contributed by atoms with van der Waals surface area (Å²) < 4.78 is 21.8. The van der Waals surface area contributed by atoms with Crippen molar-refractivity contribution in [3.63, 3.8) is 0 Å². The summed E-state index contributed by atoms with van der Waals surface area (Å²) in [7, 11) is 3.19. The van der Waals surface area contributed by atoms with Gasteiger partial charge >= 0.3 is 0 Å². The van der Waals surface area contributed by atoms with Gasteiger partial charge in [0.05, 0.1) is 20.3 Å². The van der Waals surface area contributed by atoms with Crippen LogP contribution in [0.1, 0.15) is 26.3 Å². The van der Waals surface area contributed by atoms with Crippen molar-refractivity contribution in [1.29, 1.82) is 0 Å². The molecule has 1 atom stereocenters. The first-order chi connectivity index (χ1) is 12.9. The fourth-order valence-corrected chi connectivity index (χ4v) is 2.42. The van der Waals surface area contributed by atoms with E-state index in [4.69, 9.17) is 18.9 Å². The lowest BCUT2D eigenvalue weighted by Crippen LogP contribution is -2.35. The molecule has 0 unspecified atom stereocenters. The van der Waals surface area contributed by atoms with Gasteiger partial charge in [-0.1, -0.05) is 6.07 Å². The highest BCUT2D eigenvalue weighted by atomic mass is 16.5. The fraction of sp³-hybridized carbons (Fsp3) is 0.381. The maximum Gasteiger partial charge on any atom is 0.261 e. The van der Waals surface area contributed by atoms with Crippen LogP contribution in [-0.2, 0) is 11.3 Å². The van der Waals surface area contributed by atoms with Crippen LogP contribution in [0.15, 0.2) is 42.5 Å². The van der Waals surface area contributed by atoms with Crippen LogP contribution >= 0.6 is 0 Å². The van der Waals surface area contributed by atoms with Crippen molar-refractivity contribution in [3.8, 4) is 23.0 Å². The molecular weight excluding hydrogens is 346 g/mol. The molecule has 2 rings (SSSR count). The van der Waals surface area contributed by atoms with Crippen LogP contribution in [-0.4, -0.2) is 32.3 Å². The molecule has 1 amide bonds. The largest absolute Gasteiger partial charge is 0.497 e. The van der Waals surface area contributed by atoms with E-state index < -0.39 is 6.10 Å². The van der Waals surface area contributed by atoms with E-state index in [1.54, 1.807) is 45.4 Å². The van der Waals surface area contributed by atoms with Crippen molar-refractivity contribution >= 4 is 5.91 Å². The summed E-state index contributed by atoms with van der Waals surface area (Å²) in [5.74, 6) is 2.46. The Bertz CT molecular complexity index is 743. The van der Waals surface area contributed by atoms with Crippen molar-refractivity contribution in [3.05, 3.63) is 48.0 Å². The second-order valence-corrected chi connectivity index (χ2v) is 6.31. The molecule has 0 saturated carbocycles. The van der Waals surface area contributed by atoms with Gasteiger partial charge in [0, 0.05) is 6.54 Å². The number of carbonyl (C=O) groups is 1. The first-order valence-electron chi connectivity index (χ1n) is 8.85. The minimum absolute atomic E-state index is 0.0559. The zero-order valence-electron chi connectivity index (χ0n) is 16.4. The van der Waals surface area contributed by atoms with Gasteiger partial charge in [0.2, 0.25) is 0 Å². The number of hydrogen-bond donors (Lipinski definition) is 1. The van der Waals surface area contributed by atoms with Gasteiger partial charge in [-0.25, -0.2) is 0 Å². The number of benzene rings is 2. The fourth-order valence-electron chi connectivity index (χ4n) is 2.42. The quantitative estimate of drug-likeness (QED) is 0.728. The minimum Gasteiger partial charge on any atom is -0.497 e. The van der Waals surface area contributed by atoms with Gasteiger partial charge in [-0.05, 0) is 62.7 Å². The summed E-state index contributed by atoms with van der Waals surface area (Å²) in [6, 6.07) is 12.7. The molecule has 0 radical (unpaired) electrons. The van der Waals surface area contributed by atoms with Gasteiger partial charge in [0.15, 0.2) is 17.6 Å². The third-order valence-electron chi connectivity index (χ3n) is 3.80. The third-order valence-corrected chi connectivity index (χ3v) is 3.80. The number of methoxy groups -OCH3 is 2. The van der Waals surface area contributed by atoms with E-state index >= 15 is 0 Å². The summed E-state index contributed by atoms with van der Waals surface area (Å²) in [5.41, 5.74) is 0.910. The molecular formula is C21H27NO5. The smallest absolute Gasteiger partial charge is 0.261 e. The summed E-state index contributed by atoms with van der Waals surface area (Å²) >= 11 is 0. The average molecular weight is 373 g/mol. The Balaban J connectivity index is 1.91. The van der Waals surface area contributed by atoms with Gasteiger partial charge < -0.3 is 24.3 Å². The van der Waals surface area contributed by atoms with Crippen LogP contribution in [0.4, 0.5) is 0 Å². The Morgan fingerprint density at radius 3 is 2.15 bits per heavy atom. The SMILES string of the molecule is COc1ccc(O[C@@H](C)C(=O)NCc2ccc(OC(C)C)c(OC)c2)cc1. The Kier molecular flexibility index (Phi) is 7.34. The molecule has 0 aliphatic heterocycles. The molecule has 1 N–H and O–H groups in total. The Morgan fingerprint density at radius 2 is 1.56 bits per heavy atom. The molecule has 0 spiro atoms. The molecule has 2 aromatic rings. The van der Waals surface area contributed by atoms with Crippen molar-refractivity contribution < 1.29 is 23.7 Å². The summed E-state index contributed by atoms with van der Waals surface area (Å²) in [6.45, 7) is 5.99. The van der Waals surface area contributed by atoms with Crippen LogP contribution < -0.4 is 24.3 Å². The van der Waals surface area contributed by atoms with Crippen LogP contribution in [0.25, 0.3) is 0 Å². The molecule has 0 bridgehead atoms. The van der Waals surface area contributed by atoms with Crippen LogP contribution in [0.3, 0.4) is 0 Å². The standard InChI is InChI=1S/C21H27NO5/c1-14(2)26-19-11-6-16(12-20(19)25-5)13-22-21(23)15(3)27-18-9-7-17(24-4)8-10-18/h6-12,14-15H,13H2,1-5H3,(H,22,23)/t15-/m0/s1. The number of carbonyl (C=O) groups excluding carboxylic acids is 1. The maximum atomic E-state index is 12.3. The molecule has 0 aromatic heterocycles. The zero-order chi connectivity index (χ0) is 19.8. The van der Waals surface area contributed by atoms with Crippen LogP contribution in [0.5, 0.6) is 23.0 Å².